The molecule has 98 valence electrons. The molecular weight excluding hydrogens is 226 g/mol. The van der Waals surface area contributed by atoms with Gasteiger partial charge in [0.05, 0.1) is 19.6 Å². The van der Waals surface area contributed by atoms with Gasteiger partial charge in [-0.2, -0.15) is 0 Å². The van der Waals surface area contributed by atoms with Crippen LogP contribution in [0, 0.1) is 0 Å². The summed E-state index contributed by atoms with van der Waals surface area (Å²) >= 11 is 0. The first kappa shape index (κ1) is 13.1. The summed E-state index contributed by atoms with van der Waals surface area (Å²) < 4.78 is 5.25. The zero-order valence-corrected chi connectivity index (χ0v) is 11.2. The summed E-state index contributed by atoms with van der Waals surface area (Å²) in [5.74, 6) is 0.740. The van der Waals surface area contributed by atoms with Crippen molar-refractivity contribution in [3.05, 3.63) is 35.4 Å². The maximum atomic E-state index is 12.1. The molecule has 1 aromatic carbocycles. The monoisotopic (exact) mass is 247 g/mol. The van der Waals surface area contributed by atoms with Gasteiger partial charge in [-0.05, 0) is 17.0 Å². The molecule has 3 nitrogen and oxygen atoms in total. The highest BCUT2D eigenvalue weighted by atomic mass is 16.5. The SMILES string of the molecule is CC(C)c1ccc(CC(=O)N2CCOCC2)cc1. The van der Waals surface area contributed by atoms with Gasteiger partial charge in [0.25, 0.3) is 0 Å². The van der Waals surface area contributed by atoms with Crippen LogP contribution in [0.4, 0.5) is 0 Å². The van der Waals surface area contributed by atoms with Crippen LogP contribution in [-0.2, 0) is 16.0 Å². The minimum Gasteiger partial charge on any atom is -0.378 e. The Morgan fingerprint density at radius 2 is 1.83 bits per heavy atom. The number of benzene rings is 1. The molecule has 0 aliphatic carbocycles. The van der Waals surface area contributed by atoms with Crippen LogP contribution < -0.4 is 0 Å². The molecule has 1 saturated heterocycles. The fourth-order valence-electron chi connectivity index (χ4n) is 2.12. The zero-order valence-electron chi connectivity index (χ0n) is 11.2. The number of carbonyl (C=O) groups excluding carboxylic acids is 1. The van der Waals surface area contributed by atoms with Gasteiger partial charge >= 0.3 is 0 Å². The van der Waals surface area contributed by atoms with Gasteiger partial charge in [-0.15, -0.1) is 0 Å². The molecule has 1 fully saturated rings. The summed E-state index contributed by atoms with van der Waals surface area (Å²) in [5.41, 5.74) is 2.41. The van der Waals surface area contributed by atoms with Gasteiger partial charge < -0.3 is 9.64 Å². The number of carbonyl (C=O) groups is 1. The number of nitrogens with zero attached hydrogens (tertiary/aromatic N) is 1. The Balaban J connectivity index is 1.94. The third-order valence-corrected chi connectivity index (χ3v) is 3.37. The molecule has 18 heavy (non-hydrogen) atoms. The topological polar surface area (TPSA) is 29.5 Å². The van der Waals surface area contributed by atoms with Crippen LogP contribution in [0.25, 0.3) is 0 Å². The molecule has 1 amide bonds. The van der Waals surface area contributed by atoms with Crippen molar-refractivity contribution in [2.24, 2.45) is 0 Å². The molecule has 1 aliphatic heterocycles. The van der Waals surface area contributed by atoms with Crippen LogP contribution in [0.3, 0.4) is 0 Å². The van der Waals surface area contributed by atoms with E-state index in [4.69, 9.17) is 4.74 Å². The smallest absolute Gasteiger partial charge is 0.227 e. The highest BCUT2D eigenvalue weighted by Crippen LogP contribution is 2.15. The highest BCUT2D eigenvalue weighted by Gasteiger charge is 2.16. The number of ether oxygens (including phenoxy) is 1. The largest absolute Gasteiger partial charge is 0.378 e. The van der Waals surface area contributed by atoms with Crippen molar-refractivity contribution in [2.45, 2.75) is 26.2 Å². The van der Waals surface area contributed by atoms with Gasteiger partial charge in [-0.1, -0.05) is 38.1 Å². The number of hydrogen-bond donors (Lipinski definition) is 0. The van der Waals surface area contributed by atoms with E-state index in [9.17, 15) is 4.79 Å². The Morgan fingerprint density at radius 1 is 1.22 bits per heavy atom. The molecule has 0 radical (unpaired) electrons. The maximum Gasteiger partial charge on any atom is 0.227 e. The first-order valence-electron chi connectivity index (χ1n) is 6.61. The standard InChI is InChI=1S/C15H21NO2/c1-12(2)14-5-3-13(4-6-14)11-15(17)16-7-9-18-10-8-16/h3-6,12H,7-11H2,1-2H3. The first-order valence-corrected chi connectivity index (χ1v) is 6.61. The van der Waals surface area contributed by atoms with Crippen molar-refractivity contribution >= 4 is 5.91 Å². The third kappa shape index (κ3) is 3.33. The van der Waals surface area contributed by atoms with Gasteiger partial charge in [-0.3, -0.25) is 4.79 Å². The van der Waals surface area contributed by atoms with E-state index in [0.29, 0.717) is 25.6 Å². The normalized spacial score (nSPS) is 16.1. The molecular formula is C15H21NO2. The molecule has 1 aromatic rings. The summed E-state index contributed by atoms with van der Waals surface area (Å²) in [4.78, 5) is 13.9. The fourth-order valence-corrected chi connectivity index (χ4v) is 2.12. The van der Waals surface area contributed by atoms with E-state index in [-0.39, 0.29) is 5.91 Å². The maximum absolute atomic E-state index is 12.1. The molecule has 3 heteroatoms. The predicted molar refractivity (Wildman–Crippen MR) is 71.6 cm³/mol. The van der Waals surface area contributed by atoms with Crippen molar-refractivity contribution in [2.75, 3.05) is 26.3 Å². The second-order valence-electron chi connectivity index (χ2n) is 5.07. The summed E-state index contributed by atoms with van der Waals surface area (Å²) in [7, 11) is 0. The number of rotatable bonds is 3. The van der Waals surface area contributed by atoms with Crippen LogP contribution in [-0.4, -0.2) is 37.1 Å². The Kier molecular flexibility index (Phi) is 4.37. The van der Waals surface area contributed by atoms with E-state index in [1.165, 1.54) is 5.56 Å². The number of amides is 1. The van der Waals surface area contributed by atoms with E-state index in [0.717, 1.165) is 18.7 Å². The minimum absolute atomic E-state index is 0.204. The van der Waals surface area contributed by atoms with Crippen LogP contribution in [0.5, 0.6) is 0 Å². The van der Waals surface area contributed by atoms with Crippen LogP contribution in [0.15, 0.2) is 24.3 Å². The van der Waals surface area contributed by atoms with Crippen molar-refractivity contribution in [1.29, 1.82) is 0 Å². The summed E-state index contributed by atoms with van der Waals surface area (Å²) in [6.45, 7) is 7.13. The molecule has 0 atom stereocenters. The van der Waals surface area contributed by atoms with E-state index in [1.807, 2.05) is 4.90 Å². The average Bonchev–Trinajstić information content (AvgIpc) is 2.40. The number of hydrogen-bond acceptors (Lipinski definition) is 2. The van der Waals surface area contributed by atoms with E-state index in [1.54, 1.807) is 0 Å². The van der Waals surface area contributed by atoms with Crippen LogP contribution in [0.2, 0.25) is 0 Å². The van der Waals surface area contributed by atoms with Gasteiger partial charge in [0, 0.05) is 13.1 Å². The quantitative estimate of drug-likeness (QED) is 0.819. The molecule has 2 rings (SSSR count). The molecule has 0 saturated carbocycles. The first-order chi connectivity index (χ1) is 8.66. The lowest BCUT2D eigenvalue weighted by Crippen LogP contribution is -2.41. The summed E-state index contributed by atoms with van der Waals surface area (Å²) in [5, 5.41) is 0. The summed E-state index contributed by atoms with van der Waals surface area (Å²) in [6, 6.07) is 8.36. The Labute approximate surface area is 109 Å². The molecule has 0 spiro atoms. The molecule has 0 bridgehead atoms. The second kappa shape index (κ2) is 6.01. The Morgan fingerprint density at radius 3 is 2.39 bits per heavy atom. The van der Waals surface area contributed by atoms with Gasteiger partial charge in [0.1, 0.15) is 0 Å². The molecule has 1 aliphatic rings. The lowest BCUT2D eigenvalue weighted by molar-refractivity contribution is -0.134. The molecule has 0 N–H and O–H groups in total. The van der Waals surface area contributed by atoms with Crippen LogP contribution in [0.1, 0.15) is 30.9 Å². The van der Waals surface area contributed by atoms with Gasteiger partial charge in [-0.25, -0.2) is 0 Å². The van der Waals surface area contributed by atoms with Crippen molar-refractivity contribution in [3.63, 3.8) is 0 Å². The molecule has 1 heterocycles. The van der Waals surface area contributed by atoms with Crippen LogP contribution >= 0.6 is 0 Å². The highest BCUT2D eigenvalue weighted by molar-refractivity contribution is 5.78. The fraction of sp³-hybridized carbons (Fsp3) is 0.533. The van der Waals surface area contributed by atoms with Crippen molar-refractivity contribution in [1.82, 2.24) is 4.90 Å². The minimum atomic E-state index is 0.204. The van der Waals surface area contributed by atoms with E-state index >= 15 is 0 Å². The summed E-state index contributed by atoms with van der Waals surface area (Å²) in [6.07, 6.45) is 0.498. The lowest BCUT2D eigenvalue weighted by atomic mass is 10.0. The average molecular weight is 247 g/mol. The second-order valence-corrected chi connectivity index (χ2v) is 5.07. The molecule has 0 unspecified atom stereocenters. The van der Waals surface area contributed by atoms with E-state index < -0.39 is 0 Å². The Hall–Kier alpha value is -1.35. The lowest BCUT2D eigenvalue weighted by Gasteiger charge is -2.26. The number of morpholine rings is 1. The van der Waals surface area contributed by atoms with Crippen molar-refractivity contribution < 1.29 is 9.53 Å². The zero-order chi connectivity index (χ0) is 13.0. The van der Waals surface area contributed by atoms with Gasteiger partial charge in [0.15, 0.2) is 0 Å². The Bertz CT molecular complexity index is 391. The molecule has 0 aromatic heterocycles. The van der Waals surface area contributed by atoms with Crippen molar-refractivity contribution in [3.8, 4) is 0 Å². The van der Waals surface area contributed by atoms with E-state index in [2.05, 4.69) is 38.1 Å². The van der Waals surface area contributed by atoms with Gasteiger partial charge in [0.2, 0.25) is 5.91 Å². The predicted octanol–water partition coefficient (Wildman–Crippen LogP) is 2.21. The third-order valence-electron chi connectivity index (χ3n) is 3.37.